The van der Waals surface area contributed by atoms with E-state index in [1.807, 2.05) is 12.1 Å². The highest BCUT2D eigenvalue weighted by Crippen LogP contribution is 2.41. The first-order valence-electron chi connectivity index (χ1n) is 11.6. The fourth-order valence-electron chi connectivity index (χ4n) is 5.74. The molecule has 0 bridgehead atoms. The Hall–Kier alpha value is -2.65. The normalized spacial score (nSPS) is 20.0. The van der Waals surface area contributed by atoms with E-state index in [0.717, 1.165) is 37.6 Å². The van der Waals surface area contributed by atoms with Crippen LogP contribution in [-0.4, -0.2) is 36.0 Å². The Morgan fingerprint density at radius 3 is 2.12 bits per heavy atom. The average molecular weight is 439 g/mol. The summed E-state index contributed by atoms with van der Waals surface area (Å²) in [6.07, 6.45) is 1.13. The second-order valence-electron chi connectivity index (χ2n) is 9.02. The van der Waals surface area contributed by atoms with Crippen LogP contribution in [-0.2, 0) is 6.42 Å². The van der Waals surface area contributed by atoms with E-state index in [9.17, 15) is 0 Å². The molecule has 4 aromatic rings. The maximum Gasteiger partial charge on any atom is 0.0602 e. The Balaban J connectivity index is 1.25. The fraction of sp³-hybridized carbons (Fsp3) is 0.241. The van der Waals surface area contributed by atoms with E-state index in [1.165, 1.54) is 33.0 Å². The van der Waals surface area contributed by atoms with E-state index >= 15 is 0 Å². The molecule has 0 spiro atoms. The van der Waals surface area contributed by atoms with Crippen LogP contribution in [0.25, 0.3) is 10.8 Å². The van der Waals surface area contributed by atoms with Crippen molar-refractivity contribution in [3.63, 3.8) is 0 Å². The SMILES string of the molecule is Clc1ccc(C(c2ccccc2)N2CCN(C3Cc4cccc5cccc3c45)CC2)cc1. The molecule has 1 aliphatic heterocycles. The number of nitrogens with zero attached hydrogens (tertiary/aromatic N) is 2. The molecule has 1 heterocycles. The molecule has 160 valence electrons. The van der Waals surface area contributed by atoms with Crippen LogP contribution in [0.4, 0.5) is 0 Å². The summed E-state index contributed by atoms with van der Waals surface area (Å²) in [6, 6.07) is 33.6. The monoisotopic (exact) mass is 438 g/mol. The summed E-state index contributed by atoms with van der Waals surface area (Å²) in [6.45, 7) is 4.30. The van der Waals surface area contributed by atoms with Gasteiger partial charge in [-0.25, -0.2) is 0 Å². The van der Waals surface area contributed by atoms with Gasteiger partial charge in [0.2, 0.25) is 0 Å². The average Bonchev–Trinajstić information content (AvgIpc) is 3.22. The summed E-state index contributed by atoms with van der Waals surface area (Å²) in [7, 11) is 0. The molecule has 0 N–H and O–H groups in total. The predicted octanol–water partition coefficient (Wildman–Crippen LogP) is 6.50. The van der Waals surface area contributed by atoms with E-state index in [-0.39, 0.29) is 6.04 Å². The van der Waals surface area contributed by atoms with Gasteiger partial charge in [0.25, 0.3) is 0 Å². The molecule has 2 aliphatic rings. The summed E-state index contributed by atoms with van der Waals surface area (Å²) in [5.74, 6) is 0. The van der Waals surface area contributed by atoms with Crippen molar-refractivity contribution in [2.24, 2.45) is 0 Å². The first kappa shape index (κ1) is 20.0. The summed E-state index contributed by atoms with van der Waals surface area (Å²) in [5, 5.41) is 3.67. The van der Waals surface area contributed by atoms with Gasteiger partial charge in [-0.15, -0.1) is 0 Å². The van der Waals surface area contributed by atoms with Crippen molar-refractivity contribution in [2.75, 3.05) is 26.2 Å². The standard InChI is InChI=1S/C29H27ClN2/c30-25-14-12-23(13-15-25)29(22-6-2-1-3-7-22)32-18-16-31(17-19-32)27-20-24-10-4-8-21-9-5-11-26(27)28(21)24/h1-15,27,29H,16-20H2. The molecule has 1 fully saturated rings. The zero-order valence-electron chi connectivity index (χ0n) is 18.1. The van der Waals surface area contributed by atoms with Crippen molar-refractivity contribution in [2.45, 2.75) is 18.5 Å². The van der Waals surface area contributed by atoms with Gasteiger partial charge in [0, 0.05) is 37.2 Å². The van der Waals surface area contributed by atoms with Gasteiger partial charge in [0.05, 0.1) is 6.04 Å². The van der Waals surface area contributed by atoms with Crippen LogP contribution in [0.2, 0.25) is 5.02 Å². The molecule has 1 aliphatic carbocycles. The van der Waals surface area contributed by atoms with Crippen molar-refractivity contribution < 1.29 is 0 Å². The van der Waals surface area contributed by atoms with E-state index in [0.29, 0.717) is 6.04 Å². The van der Waals surface area contributed by atoms with E-state index < -0.39 is 0 Å². The van der Waals surface area contributed by atoms with Crippen LogP contribution in [0, 0.1) is 0 Å². The second-order valence-corrected chi connectivity index (χ2v) is 9.46. The highest BCUT2D eigenvalue weighted by molar-refractivity contribution is 6.30. The van der Waals surface area contributed by atoms with Gasteiger partial charge >= 0.3 is 0 Å². The van der Waals surface area contributed by atoms with Crippen LogP contribution in [0.5, 0.6) is 0 Å². The summed E-state index contributed by atoms with van der Waals surface area (Å²) in [5.41, 5.74) is 5.69. The molecule has 2 unspecified atom stereocenters. The molecule has 4 aromatic carbocycles. The van der Waals surface area contributed by atoms with Crippen molar-refractivity contribution in [1.29, 1.82) is 0 Å². The third-order valence-corrected chi connectivity index (χ3v) is 7.50. The molecule has 6 rings (SSSR count). The molecule has 0 amide bonds. The lowest BCUT2D eigenvalue weighted by Gasteiger charge is -2.42. The Morgan fingerprint density at radius 2 is 1.38 bits per heavy atom. The minimum Gasteiger partial charge on any atom is -0.293 e. The van der Waals surface area contributed by atoms with Crippen LogP contribution in [0.1, 0.15) is 34.3 Å². The molecule has 0 saturated carbocycles. The quantitative estimate of drug-likeness (QED) is 0.359. The number of rotatable bonds is 4. The highest BCUT2D eigenvalue weighted by Gasteiger charge is 2.33. The summed E-state index contributed by atoms with van der Waals surface area (Å²) < 4.78 is 0. The zero-order valence-corrected chi connectivity index (χ0v) is 18.9. The number of halogens is 1. The third kappa shape index (κ3) is 3.53. The Kier molecular flexibility index (Phi) is 5.23. The predicted molar refractivity (Wildman–Crippen MR) is 133 cm³/mol. The van der Waals surface area contributed by atoms with Crippen LogP contribution < -0.4 is 0 Å². The molecule has 0 aromatic heterocycles. The van der Waals surface area contributed by atoms with E-state index in [1.54, 1.807) is 0 Å². The van der Waals surface area contributed by atoms with Crippen LogP contribution in [0.3, 0.4) is 0 Å². The van der Waals surface area contributed by atoms with Gasteiger partial charge in [-0.2, -0.15) is 0 Å². The lowest BCUT2D eigenvalue weighted by molar-refractivity contribution is 0.0801. The van der Waals surface area contributed by atoms with Crippen molar-refractivity contribution >= 4 is 22.4 Å². The first-order chi connectivity index (χ1) is 15.8. The Labute approximate surface area is 195 Å². The van der Waals surface area contributed by atoms with Crippen molar-refractivity contribution in [1.82, 2.24) is 9.80 Å². The number of hydrogen-bond donors (Lipinski definition) is 0. The van der Waals surface area contributed by atoms with E-state index in [4.69, 9.17) is 11.6 Å². The largest absolute Gasteiger partial charge is 0.293 e. The lowest BCUT2D eigenvalue weighted by atomic mass is 9.96. The maximum atomic E-state index is 6.19. The number of piperazine rings is 1. The zero-order chi connectivity index (χ0) is 21.5. The molecular formula is C29H27ClN2. The van der Waals surface area contributed by atoms with E-state index in [2.05, 4.69) is 88.7 Å². The fourth-order valence-corrected chi connectivity index (χ4v) is 5.87. The Bertz CT molecular complexity index is 1220. The van der Waals surface area contributed by atoms with Gasteiger partial charge in [0.1, 0.15) is 0 Å². The third-order valence-electron chi connectivity index (χ3n) is 7.25. The molecule has 2 nitrogen and oxygen atoms in total. The molecule has 2 atom stereocenters. The second kappa shape index (κ2) is 8.37. The van der Waals surface area contributed by atoms with Crippen molar-refractivity contribution in [3.05, 3.63) is 118 Å². The number of hydrogen-bond acceptors (Lipinski definition) is 2. The smallest absolute Gasteiger partial charge is 0.0602 e. The highest BCUT2D eigenvalue weighted by atomic mass is 35.5. The summed E-state index contributed by atoms with van der Waals surface area (Å²) in [4.78, 5) is 5.34. The minimum absolute atomic E-state index is 0.264. The molecule has 1 saturated heterocycles. The van der Waals surface area contributed by atoms with Gasteiger partial charge < -0.3 is 0 Å². The molecule has 3 heteroatoms. The minimum atomic E-state index is 0.264. The van der Waals surface area contributed by atoms with Crippen LogP contribution >= 0.6 is 11.6 Å². The summed E-state index contributed by atoms with van der Waals surface area (Å²) >= 11 is 6.19. The topological polar surface area (TPSA) is 6.48 Å². The van der Waals surface area contributed by atoms with Gasteiger partial charge in [-0.1, -0.05) is 90.5 Å². The first-order valence-corrected chi connectivity index (χ1v) is 11.9. The van der Waals surface area contributed by atoms with Gasteiger partial charge in [-0.05, 0) is 51.6 Å². The van der Waals surface area contributed by atoms with Gasteiger partial charge in [-0.3, -0.25) is 9.80 Å². The molecule has 32 heavy (non-hydrogen) atoms. The van der Waals surface area contributed by atoms with Gasteiger partial charge in [0.15, 0.2) is 0 Å². The lowest BCUT2D eigenvalue weighted by Crippen LogP contribution is -2.48. The molecule has 0 radical (unpaired) electrons. The van der Waals surface area contributed by atoms with Crippen molar-refractivity contribution in [3.8, 4) is 0 Å². The number of benzene rings is 4. The maximum absolute atomic E-state index is 6.19. The Morgan fingerprint density at radius 1 is 0.688 bits per heavy atom. The molecular weight excluding hydrogens is 412 g/mol. The van der Waals surface area contributed by atoms with Crippen LogP contribution in [0.15, 0.2) is 91.0 Å².